The summed E-state index contributed by atoms with van der Waals surface area (Å²) in [5.74, 6) is 0.897. The standard InChI is InChI=1S/C16H25NO2/c1-16(2,3)19-10-9-18-13-8-7-12-5-4-6-15(17)14(12)11-13/h7-8,11,15H,4-6,9-10,17H2,1-3H3/t15-/m1/s1. The molecule has 0 aliphatic heterocycles. The van der Waals surface area contributed by atoms with Crippen molar-refractivity contribution in [1.82, 2.24) is 0 Å². The predicted molar refractivity (Wildman–Crippen MR) is 77.5 cm³/mol. The molecule has 3 heteroatoms. The van der Waals surface area contributed by atoms with Crippen LogP contribution in [0, 0.1) is 0 Å². The molecule has 0 heterocycles. The summed E-state index contributed by atoms with van der Waals surface area (Å²) in [7, 11) is 0. The maximum atomic E-state index is 6.15. The second-order valence-electron chi connectivity index (χ2n) is 6.17. The smallest absolute Gasteiger partial charge is 0.119 e. The zero-order chi connectivity index (χ0) is 13.9. The summed E-state index contributed by atoms with van der Waals surface area (Å²) in [5.41, 5.74) is 8.66. The topological polar surface area (TPSA) is 44.5 Å². The fourth-order valence-corrected chi connectivity index (χ4v) is 2.41. The minimum atomic E-state index is -0.110. The SMILES string of the molecule is CC(C)(C)OCCOc1ccc2c(c1)[C@H](N)CCC2. The van der Waals surface area contributed by atoms with Gasteiger partial charge in [-0.05, 0) is 63.3 Å². The molecule has 2 N–H and O–H groups in total. The third-order valence-corrected chi connectivity index (χ3v) is 3.37. The largest absolute Gasteiger partial charge is 0.491 e. The van der Waals surface area contributed by atoms with Gasteiger partial charge in [-0.2, -0.15) is 0 Å². The molecule has 0 radical (unpaired) electrons. The van der Waals surface area contributed by atoms with Crippen LogP contribution in [0.25, 0.3) is 0 Å². The van der Waals surface area contributed by atoms with E-state index in [4.69, 9.17) is 15.2 Å². The second kappa shape index (κ2) is 5.93. The van der Waals surface area contributed by atoms with Gasteiger partial charge in [0.1, 0.15) is 12.4 Å². The molecule has 106 valence electrons. The molecule has 2 rings (SSSR count). The highest BCUT2D eigenvalue weighted by molar-refractivity contribution is 5.39. The Morgan fingerprint density at radius 3 is 2.79 bits per heavy atom. The van der Waals surface area contributed by atoms with Crippen LogP contribution in [0.2, 0.25) is 0 Å². The van der Waals surface area contributed by atoms with Crippen molar-refractivity contribution in [2.75, 3.05) is 13.2 Å². The van der Waals surface area contributed by atoms with Gasteiger partial charge in [-0.3, -0.25) is 0 Å². The molecule has 1 aromatic carbocycles. The van der Waals surface area contributed by atoms with E-state index in [2.05, 4.69) is 12.1 Å². The van der Waals surface area contributed by atoms with Gasteiger partial charge in [0.15, 0.2) is 0 Å². The lowest BCUT2D eigenvalue weighted by molar-refractivity contribution is -0.0163. The molecule has 0 saturated heterocycles. The van der Waals surface area contributed by atoms with Gasteiger partial charge >= 0.3 is 0 Å². The zero-order valence-electron chi connectivity index (χ0n) is 12.2. The summed E-state index contributed by atoms with van der Waals surface area (Å²) in [5, 5.41) is 0. The van der Waals surface area contributed by atoms with Crippen LogP contribution in [0.3, 0.4) is 0 Å². The number of hydrogen-bond acceptors (Lipinski definition) is 3. The van der Waals surface area contributed by atoms with Gasteiger partial charge in [0.05, 0.1) is 12.2 Å². The molecule has 0 amide bonds. The molecule has 0 aromatic heterocycles. The van der Waals surface area contributed by atoms with E-state index in [0.717, 1.165) is 18.6 Å². The van der Waals surface area contributed by atoms with E-state index >= 15 is 0 Å². The summed E-state index contributed by atoms with van der Waals surface area (Å²) in [6.07, 6.45) is 3.40. The molecular weight excluding hydrogens is 238 g/mol. The first-order valence-electron chi connectivity index (χ1n) is 7.11. The van der Waals surface area contributed by atoms with E-state index in [-0.39, 0.29) is 11.6 Å². The first-order valence-corrected chi connectivity index (χ1v) is 7.11. The van der Waals surface area contributed by atoms with Gasteiger partial charge in [0.2, 0.25) is 0 Å². The summed E-state index contributed by atoms with van der Waals surface area (Å²) in [6, 6.07) is 6.44. The number of benzene rings is 1. The third kappa shape index (κ3) is 4.22. The van der Waals surface area contributed by atoms with E-state index in [0.29, 0.717) is 13.2 Å². The summed E-state index contributed by atoms with van der Waals surface area (Å²) in [6.45, 7) is 7.32. The first kappa shape index (κ1) is 14.4. The van der Waals surface area contributed by atoms with Gasteiger partial charge in [0.25, 0.3) is 0 Å². The van der Waals surface area contributed by atoms with E-state index in [1.165, 1.54) is 17.5 Å². The zero-order valence-corrected chi connectivity index (χ0v) is 12.2. The minimum absolute atomic E-state index is 0.110. The molecule has 0 fully saturated rings. The van der Waals surface area contributed by atoms with Gasteiger partial charge in [-0.1, -0.05) is 6.07 Å². The summed E-state index contributed by atoms with van der Waals surface area (Å²) in [4.78, 5) is 0. The van der Waals surface area contributed by atoms with Crippen LogP contribution >= 0.6 is 0 Å². The van der Waals surface area contributed by atoms with Crippen molar-refractivity contribution in [3.05, 3.63) is 29.3 Å². The lowest BCUT2D eigenvalue weighted by atomic mass is 9.88. The quantitative estimate of drug-likeness (QED) is 0.848. The Morgan fingerprint density at radius 1 is 1.26 bits per heavy atom. The predicted octanol–water partition coefficient (Wildman–Crippen LogP) is 3.22. The van der Waals surface area contributed by atoms with Crippen molar-refractivity contribution < 1.29 is 9.47 Å². The second-order valence-corrected chi connectivity index (χ2v) is 6.17. The lowest BCUT2D eigenvalue weighted by Crippen LogP contribution is -2.22. The molecule has 3 nitrogen and oxygen atoms in total. The van der Waals surface area contributed by atoms with E-state index in [9.17, 15) is 0 Å². The Bertz CT molecular complexity index is 423. The maximum Gasteiger partial charge on any atom is 0.119 e. The first-order chi connectivity index (χ1) is 8.96. The number of rotatable bonds is 4. The summed E-state index contributed by atoms with van der Waals surface area (Å²) < 4.78 is 11.4. The minimum Gasteiger partial charge on any atom is -0.491 e. The van der Waals surface area contributed by atoms with E-state index in [1.807, 2.05) is 26.8 Å². The number of nitrogens with two attached hydrogens (primary N) is 1. The molecule has 0 spiro atoms. The van der Waals surface area contributed by atoms with E-state index < -0.39 is 0 Å². The van der Waals surface area contributed by atoms with Crippen molar-refractivity contribution in [3.63, 3.8) is 0 Å². The highest BCUT2D eigenvalue weighted by Gasteiger charge is 2.17. The Hall–Kier alpha value is -1.06. The van der Waals surface area contributed by atoms with E-state index in [1.54, 1.807) is 0 Å². The van der Waals surface area contributed by atoms with Crippen LogP contribution in [0.5, 0.6) is 5.75 Å². The van der Waals surface area contributed by atoms with Gasteiger partial charge < -0.3 is 15.2 Å². The number of hydrogen-bond donors (Lipinski definition) is 1. The van der Waals surface area contributed by atoms with Crippen LogP contribution in [-0.4, -0.2) is 18.8 Å². The molecule has 0 bridgehead atoms. The van der Waals surface area contributed by atoms with Crippen LogP contribution < -0.4 is 10.5 Å². The van der Waals surface area contributed by atoms with Crippen LogP contribution in [0.4, 0.5) is 0 Å². The fraction of sp³-hybridized carbons (Fsp3) is 0.625. The Morgan fingerprint density at radius 2 is 2.05 bits per heavy atom. The molecule has 0 saturated carbocycles. The Labute approximate surface area is 116 Å². The van der Waals surface area contributed by atoms with Gasteiger partial charge in [-0.25, -0.2) is 0 Å². The maximum absolute atomic E-state index is 6.15. The van der Waals surface area contributed by atoms with Crippen LogP contribution in [0.15, 0.2) is 18.2 Å². The highest BCUT2D eigenvalue weighted by atomic mass is 16.5. The van der Waals surface area contributed by atoms with Crippen molar-refractivity contribution in [2.24, 2.45) is 5.73 Å². The normalized spacial score (nSPS) is 19.1. The molecule has 19 heavy (non-hydrogen) atoms. The fourth-order valence-electron chi connectivity index (χ4n) is 2.41. The van der Waals surface area contributed by atoms with Crippen molar-refractivity contribution >= 4 is 0 Å². The average molecular weight is 263 g/mol. The molecule has 0 unspecified atom stereocenters. The highest BCUT2D eigenvalue weighted by Crippen LogP contribution is 2.30. The average Bonchev–Trinajstić information content (AvgIpc) is 2.34. The molecule has 1 aromatic rings. The van der Waals surface area contributed by atoms with Crippen molar-refractivity contribution in [1.29, 1.82) is 0 Å². The Balaban J connectivity index is 1.89. The number of aryl methyl sites for hydroxylation is 1. The lowest BCUT2D eigenvalue weighted by Gasteiger charge is -2.23. The molecule has 1 aliphatic rings. The monoisotopic (exact) mass is 263 g/mol. The van der Waals surface area contributed by atoms with Crippen molar-refractivity contribution in [3.8, 4) is 5.75 Å². The number of fused-ring (bicyclic) bond motifs is 1. The number of ether oxygens (including phenoxy) is 2. The van der Waals surface area contributed by atoms with Gasteiger partial charge in [0, 0.05) is 6.04 Å². The van der Waals surface area contributed by atoms with Crippen LogP contribution in [0.1, 0.15) is 50.8 Å². The third-order valence-electron chi connectivity index (χ3n) is 3.37. The molecule has 1 atom stereocenters. The molecule has 1 aliphatic carbocycles. The summed E-state index contributed by atoms with van der Waals surface area (Å²) >= 11 is 0. The molecular formula is C16H25NO2. The Kier molecular flexibility index (Phi) is 4.48. The van der Waals surface area contributed by atoms with Crippen molar-refractivity contribution in [2.45, 2.75) is 51.7 Å². The van der Waals surface area contributed by atoms with Crippen LogP contribution in [-0.2, 0) is 11.2 Å². The van der Waals surface area contributed by atoms with Gasteiger partial charge in [-0.15, -0.1) is 0 Å².